The molecule has 4 rings (SSSR count). The van der Waals surface area contributed by atoms with Crippen LogP contribution in [0.15, 0.2) is 99.0 Å². The van der Waals surface area contributed by atoms with Crippen LogP contribution >= 0.6 is 11.8 Å². The van der Waals surface area contributed by atoms with Gasteiger partial charge >= 0.3 is 11.6 Å². The van der Waals surface area contributed by atoms with E-state index in [-0.39, 0.29) is 23.0 Å². The molecule has 0 aliphatic carbocycles. The van der Waals surface area contributed by atoms with Crippen LogP contribution in [0.3, 0.4) is 0 Å². The number of benzene rings is 3. The van der Waals surface area contributed by atoms with Crippen LogP contribution in [-0.4, -0.2) is 23.9 Å². The van der Waals surface area contributed by atoms with Gasteiger partial charge in [-0.2, -0.15) is 0 Å². The number of esters is 1. The normalized spacial score (nSPS) is 10.7. The summed E-state index contributed by atoms with van der Waals surface area (Å²) in [5.74, 6) is 0.966. The summed E-state index contributed by atoms with van der Waals surface area (Å²) in [5, 5.41) is 10.4. The smallest absolute Gasteiger partial charge is 0.353 e. The number of hydrogen-bond acceptors (Lipinski definition) is 7. The Morgan fingerprint density at radius 3 is 2.40 bits per heavy atom. The maximum Gasteiger partial charge on any atom is 0.353 e. The Morgan fingerprint density at radius 1 is 0.971 bits per heavy atom. The van der Waals surface area contributed by atoms with Gasteiger partial charge in [-0.25, -0.2) is 9.59 Å². The Hall–Kier alpha value is -3.97. The summed E-state index contributed by atoms with van der Waals surface area (Å²) in [5.41, 5.74) is 2.38. The molecular formula is C28H24O6S. The third-order valence-electron chi connectivity index (χ3n) is 5.32. The molecule has 4 aromatic rings. The first-order valence-corrected chi connectivity index (χ1v) is 12.0. The predicted molar refractivity (Wildman–Crippen MR) is 135 cm³/mol. The third-order valence-corrected chi connectivity index (χ3v) is 6.40. The Balaban J connectivity index is 1.41. The summed E-state index contributed by atoms with van der Waals surface area (Å²) in [7, 11) is 1.34. The summed E-state index contributed by atoms with van der Waals surface area (Å²) in [4.78, 5) is 24.6. The van der Waals surface area contributed by atoms with Crippen LogP contribution in [0.1, 0.15) is 21.5 Å². The van der Waals surface area contributed by atoms with Crippen LogP contribution < -0.4 is 10.4 Å². The maximum atomic E-state index is 12.5. The molecule has 1 heterocycles. The average molecular weight is 489 g/mol. The number of carbonyl (C=O) groups is 1. The van der Waals surface area contributed by atoms with Crippen molar-refractivity contribution >= 4 is 17.7 Å². The standard InChI is InChI=1S/C28H24O6S/c1-32-27(30)23-10-6-5-9-21(23)18-33-22-13-11-20(12-14-22)25-17-24(29)26(28(31)34-25)35-16-15-19-7-3-2-4-8-19/h2-14,17,29H,15-16,18H2,1H3. The van der Waals surface area contributed by atoms with Crippen molar-refractivity contribution in [2.45, 2.75) is 17.9 Å². The van der Waals surface area contributed by atoms with Gasteiger partial charge < -0.3 is 19.0 Å². The lowest BCUT2D eigenvalue weighted by atomic mass is 10.1. The number of ether oxygens (including phenoxy) is 2. The fourth-order valence-electron chi connectivity index (χ4n) is 3.49. The zero-order valence-electron chi connectivity index (χ0n) is 19.1. The van der Waals surface area contributed by atoms with Gasteiger partial charge in [0.05, 0.1) is 12.7 Å². The molecule has 1 aromatic heterocycles. The minimum atomic E-state index is -0.571. The van der Waals surface area contributed by atoms with E-state index in [1.54, 1.807) is 42.5 Å². The topological polar surface area (TPSA) is 86.0 Å². The van der Waals surface area contributed by atoms with E-state index in [9.17, 15) is 14.7 Å². The molecule has 0 fully saturated rings. The van der Waals surface area contributed by atoms with Gasteiger partial charge in [0.2, 0.25) is 0 Å². The molecule has 0 aliphatic heterocycles. The number of rotatable bonds is 9. The third kappa shape index (κ3) is 6.13. The highest BCUT2D eigenvalue weighted by atomic mass is 32.2. The zero-order chi connectivity index (χ0) is 24.6. The summed E-state index contributed by atoms with van der Waals surface area (Å²) in [6.07, 6.45) is 0.775. The molecule has 0 saturated carbocycles. The van der Waals surface area contributed by atoms with Crippen molar-refractivity contribution in [1.82, 2.24) is 0 Å². The molecule has 0 radical (unpaired) electrons. The van der Waals surface area contributed by atoms with E-state index in [2.05, 4.69) is 0 Å². The molecule has 0 aliphatic rings. The number of hydrogen-bond donors (Lipinski definition) is 1. The number of thioether (sulfide) groups is 1. The lowest BCUT2D eigenvalue weighted by Crippen LogP contribution is -2.07. The summed E-state index contributed by atoms with van der Waals surface area (Å²) >= 11 is 1.27. The highest BCUT2D eigenvalue weighted by Gasteiger charge is 2.14. The maximum absolute atomic E-state index is 12.5. The Morgan fingerprint density at radius 2 is 1.69 bits per heavy atom. The van der Waals surface area contributed by atoms with Crippen molar-refractivity contribution in [3.63, 3.8) is 0 Å². The number of carbonyl (C=O) groups excluding carboxylic acids is 1. The minimum absolute atomic E-state index is 0.103. The number of methoxy groups -OCH3 is 1. The number of aryl methyl sites for hydroxylation is 1. The van der Waals surface area contributed by atoms with E-state index in [1.807, 2.05) is 36.4 Å². The minimum Gasteiger partial charge on any atom is -0.506 e. The second-order valence-corrected chi connectivity index (χ2v) is 8.76. The van der Waals surface area contributed by atoms with Gasteiger partial charge in [-0.15, -0.1) is 11.8 Å². The van der Waals surface area contributed by atoms with Gasteiger partial charge in [0.25, 0.3) is 0 Å². The summed E-state index contributed by atoms with van der Waals surface area (Å²) in [6, 6.07) is 25.4. The summed E-state index contributed by atoms with van der Waals surface area (Å²) < 4.78 is 16.1. The predicted octanol–water partition coefficient (Wildman–Crippen LogP) is 5.71. The molecule has 0 atom stereocenters. The monoisotopic (exact) mass is 488 g/mol. The molecule has 6 nitrogen and oxygen atoms in total. The van der Waals surface area contributed by atoms with Crippen molar-refractivity contribution in [2.24, 2.45) is 0 Å². The van der Waals surface area contributed by atoms with E-state index >= 15 is 0 Å². The van der Waals surface area contributed by atoms with Crippen LogP contribution in [0.2, 0.25) is 0 Å². The molecule has 0 amide bonds. The highest BCUT2D eigenvalue weighted by molar-refractivity contribution is 7.99. The fraction of sp³-hybridized carbons (Fsp3) is 0.143. The van der Waals surface area contributed by atoms with Gasteiger partial charge in [-0.3, -0.25) is 0 Å². The summed E-state index contributed by atoms with van der Waals surface area (Å²) in [6.45, 7) is 0.190. The average Bonchev–Trinajstić information content (AvgIpc) is 2.89. The molecule has 0 saturated heterocycles. The van der Waals surface area contributed by atoms with Crippen molar-refractivity contribution in [2.75, 3.05) is 12.9 Å². The lowest BCUT2D eigenvalue weighted by molar-refractivity contribution is 0.0597. The van der Waals surface area contributed by atoms with Gasteiger partial charge in [0, 0.05) is 22.9 Å². The van der Waals surface area contributed by atoms with Gasteiger partial charge in [-0.1, -0.05) is 48.5 Å². The molecule has 1 N–H and O–H groups in total. The Labute approximate surface area is 207 Å². The SMILES string of the molecule is COC(=O)c1ccccc1COc1ccc(-c2cc(O)c(SCCc3ccccc3)c(=O)o2)cc1. The fourth-order valence-corrected chi connectivity index (χ4v) is 4.40. The molecule has 35 heavy (non-hydrogen) atoms. The van der Waals surface area contributed by atoms with Crippen LogP contribution in [0.4, 0.5) is 0 Å². The van der Waals surface area contributed by atoms with Gasteiger partial charge in [-0.05, 0) is 42.3 Å². The second-order valence-electron chi connectivity index (χ2n) is 7.66. The van der Waals surface area contributed by atoms with E-state index < -0.39 is 11.6 Å². The second kappa shape index (κ2) is 11.4. The number of aromatic hydroxyl groups is 1. The van der Waals surface area contributed by atoms with Crippen molar-refractivity contribution in [3.05, 3.63) is 112 Å². The Bertz CT molecular complexity index is 1350. The molecule has 3 aromatic carbocycles. The highest BCUT2D eigenvalue weighted by Crippen LogP contribution is 2.31. The van der Waals surface area contributed by atoms with E-state index in [0.29, 0.717) is 28.2 Å². The Kier molecular flexibility index (Phi) is 7.90. The lowest BCUT2D eigenvalue weighted by Gasteiger charge is -2.10. The van der Waals surface area contributed by atoms with Crippen molar-refractivity contribution in [3.8, 4) is 22.8 Å². The van der Waals surface area contributed by atoms with Gasteiger partial charge in [0.15, 0.2) is 0 Å². The molecule has 178 valence electrons. The molecule has 0 bridgehead atoms. The first kappa shape index (κ1) is 24.2. The molecular weight excluding hydrogens is 464 g/mol. The zero-order valence-corrected chi connectivity index (χ0v) is 19.9. The van der Waals surface area contributed by atoms with Crippen LogP contribution in [0, 0.1) is 0 Å². The largest absolute Gasteiger partial charge is 0.506 e. The van der Waals surface area contributed by atoms with E-state index in [1.165, 1.54) is 24.9 Å². The van der Waals surface area contributed by atoms with Crippen LogP contribution in [0.5, 0.6) is 11.5 Å². The van der Waals surface area contributed by atoms with E-state index in [4.69, 9.17) is 13.9 Å². The first-order valence-electron chi connectivity index (χ1n) is 11.0. The quantitative estimate of drug-likeness (QED) is 0.238. The van der Waals surface area contributed by atoms with Crippen LogP contribution in [0.25, 0.3) is 11.3 Å². The van der Waals surface area contributed by atoms with E-state index in [0.717, 1.165) is 12.0 Å². The molecule has 0 unspecified atom stereocenters. The first-order chi connectivity index (χ1) is 17.0. The molecule has 7 heteroatoms. The van der Waals surface area contributed by atoms with Crippen LogP contribution in [-0.2, 0) is 17.8 Å². The van der Waals surface area contributed by atoms with Crippen molar-refractivity contribution in [1.29, 1.82) is 0 Å². The van der Waals surface area contributed by atoms with Crippen molar-refractivity contribution < 1.29 is 23.8 Å². The molecule has 0 spiro atoms. The van der Waals surface area contributed by atoms with Gasteiger partial charge in [0.1, 0.15) is 28.8 Å².